The van der Waals surface area contributed by atoms with E-state index in [4.69, 9.17) is 5.11 Å². The van der Waals surface area contributed by atoms with Crippen molar-refractivity contribution < 1.29 is 14.7 Å². The number of anilines is 1. The Labute approximate surface area is 121 Å². The first kappa shape index (κ1) is 15.7. The highest BCUT2D eigenvalue weighted by molar-refractivity contribution is 9.10. The fourth-order valence-corrected chi connectivity index (χ4v) is 2.16. The summed E-state index contributed by atoms with van der Waals surface area (Å²) in [6.45, 7) is 2.03. The molecule has 19 heavy (non-hydrogen) atoms. The highest BCUT2D eigenvalue weighted by atomic mass is 79.9. The van der Waals surface area contributed by atoms with Crippen molar-refractivity contribution in [1.29, 1.82) is 0 Å². The van der Waals surface area contributed by atoms with E-state index in [9.17, 15) is 9.59 Å². The lowest BCUT2D eigenvalue weighted by molar-refractivity contribution is -0.137. The summed E-state index contributed by atoms with van der Waals surface area (Å²) >= 11 is 3.40. The molecule has 0 aromatic heterocycles. The van der Waals surface area contributed by atoms with Crippen molar-refractivity contribution in [1.82, 2.24) is 0 Å². The summed E-state index contributed by atoms with van der Waals surface area (Å²) in [4.78, 5) is 22.1. The maximum Gasteiger partial charge on any atom is 0.303 e. The Balaban J connectivity index is 2.46. The number of carbonyl (C=O) groups is 2. The van der Waals surface area contributed by atoms with Crippen molar-refractivity contribution in [3.05, 3.63) is 28.2 Å². The molecule has 0 aliphatic heterocycles. The van der Waals surface area contributed by atoms with Crippen LogP contribution in [0, 0.1) is 0 Å². The maximum absolute atomic E-state index is 11.7. The molecule has 1 aromatic rings. The minimum absolute atomic E-state index is 0.0672. The Kier molecular flexibility index (Phi) is 6.56. The van der Waals surface area contributed by atoms with Gasteiger partial charge in [-0.15, -0.1) is 0 Å². The van der Waals surface area contributed by atoms with Crippen molar-refractivity contribution >= 4 is 33.5 Å². The zero-order valence-electron chi connectivity index (χ0n) is 10.9. The molecule has 1 rings (SSSR count). The molecule has 1 amide bonds. The van der Waals surface area contributed by atoms with Crippen LogP contribution in [0.1, 0.15) is 38.2 Å². The van der Waals surface area contributed by atoms with Crippen LogP contribution in [0.5, 0.6) is 0 Å². The van der Waals surface area contributed by atoms with Gasteiger partial charge in [-0.3, -0.25) is 9.59 Å². The zero-order chi connectivity index (χ0) is 14.3. The molecule has 1 aromatic carbocycles. The van der Waals surface area contributed by atoms with Gasteiger partial charge >= 0.3 is 5.97 Å². The number of hydrogen-bond acceptors (Lipinski definition) is 2. The number of carboxylic acids is 1. The normalized spacial score (nSPS) is 10.2. The van der Waals surface area contributed by atoms with Crippen LogP contribution in [-0.4, -0.2) is 17.0 Å². The molecule has 0 bridgehead atoms. The summed E-state index contributed by atoms with van der Waals surface area (Å²) in [5, 5.41) is 11.4. The summed E-state index contributed by atoms with van der Waals surface area (Å²) < 4.78 is 0.990. The van der Waals surface area contributed by atoms with Crippen LogP contribution < -0.4 is 5.32 Å². The first-order chi connectivity index (χ1) is 9.02. The third-order valence-corrected chi connectivity index (χ3v) is 3.26. The Morgan fingerprint density at radius 2 is 1.95 bits per heavy atom. The fourth-order valence-electron chi connectivity index (χ4n) is 1.75. The number of aryl methyl sites for hydroxylation is 1. The van der Waals surface area contributed by atoms with E-state index in [0.29, 0.717) is 19.3 Å². The quantitative estimate of drug-likeness (QED) is 0.752. The molecule has 0 fully saturated rings. The molecule has 0 saturated carbocycles. The van der Waals surface area contributed by atoms with Crippen molar-refractivity contribution in [2.75, 3.05) is 5.32 Å². The number of benzene rings is 1. The number of halogens is 1. The van der Waals surface area contributed by atoms with Crippen LogP contribution in [0.3, 0.4) is 0 Å². The number of unbranched alkanes of at least 4 members (excludes halogenated alkanes) is 1. The van der Waals surface area contributed by atoms with E-state index in [1.54, 1.807) is 0 Å². The lowest BCUT2D eigenvalue weighted by Crippen LogP contribution is -2.12. The van der Waals surface area contributed by atoms with Crippen LogP contribution in [-0.2, 0) is 16.0 Å². The predicted octanol–water partition coefficient (Wildman–Crippen LogP) is 3.60. The Hall–Kier alpha value is -1.36. The molecule has 104 valence electrons. The van der Waals surface area contributed by atoms with Gasteiger partial charge in [0.2, 0.25) is 5.91 Å². The molecule has 0 radical (unpaired) electrons. The molecule has 0 atom stereocenters. The number of rotatable bonds is 7. The smallest absolute Gasteiger partial charge is 0.303 e. The molecule has 0 unspecified atom stereocenters. The standard InChI is InChI=1S/C14H18BrNO3/c1-2-10-9-11(15)7-8-12(10)16-13(17)5-3-4-6-14(18)19/h7-9H,2-6H2,1H3,(H,16,17)(H,18,19). The Bertz CT molecular complexity index is 460. The third-order valence-electron chi connectivity index (χ3n) is 2.77. The third kappa shape index (κ3) is 5.87. The Morgan fingerprint density at radius 3 is 2.58 bits per heavy atom. The van der Waals surface area contributed by atoms with Crippen molar-refractivity contribution in [2.45, 2.75) is 39.0 Å². The fraction of sp³-hybridized carbons (Fsp3) is 0.429. The van der Waals surface area contributed by atoms with Gasteiger partial charge in [-0.1, -0.05) is 22.9 Å². The first-order valence-corrected chi connectivity index (χ1v) is 7.12. The van der Waals surface area contributed by atoms with Gasteiger partial charge in [0.25, 0.3) is 0 Å². The van der Waals surface area contributed by atoms with Crippen molar-refractivity contribution in [2.24, 2.45) is 0 Å². The van der Waals surface area contributed by atoms with Gasteiger partial charge in [-0.2, -0.15) is 0 Å². The maximum atomic E-state index is 11.7. The SMILES string of the molecule is CCc1cc(Br)ccc1NC(=O)CCCCC(=O)O. The summed E-state index contributed by atoms with van der Waals surface area (Å²) in [6.07, 6.45) is 2.44. The first-order valence-electron chi connectivity index (χ1n) is 6.33. The highest BCUT2D eigenvalue weighted by Crippen LogP contribution is 2.21. The zero-order valence-corrected chi connectivity index (χ0v) is 12.5. The van der Waals surface area contributed by atoms with Gasteiger partial charge in [0.1, 0.15) is 0 Å². The van der Waals surface area contributed by atoms with Crippen molar-refractivity contribution in [3.63, 3.8) is 0 Å². The second-order valence-electron chi connectivity index (χ2n) is 4.30. The van der Waals surface area contributed by atoms with Gasteiger partial charge in [-0.05, 0) is 43.0 Å². The molecule has 4 nitrogen and oxygen atoms in total. The molecule has 2 N–H and O–H groups in total. The van der Waals surface area contributed by atoms with Gasteiger partial charge < -0.3 is 10.4 Å². The minimum atomic E-state index is -0.818. The summed E-state index contributed by atoms with van der Waals surface area (Å²) in [5.41, 5.74) is 1.90. The number of carbonyl (C=O) groups excluding carboxylic acids is 1. The van der Waals surface area contributed by atoms with E-state index in [1.165, 1.54) is 0 Å². The van der Waals surface area contributed by atoms with Crippen LogP contribution in [0.25, 0.3) is 0 Å². The van der Waals surface area contributed by atoms with Gasteiger partial charge in [0.15, 0.2) is 0 Å². The molecular weight excluding hydrogens is 310 g/mol. The minimum Gasteiger partial charge on any atom is -0.481 e. The number of nitrogens with one attached hydrogen (secondary N) is 1. The molecule has 0 saturated heterocycles. The Morgan fingerprint density at radius 1 is 1.26 bits per heavy atom. The van der Waals surface area contributed by atoms with Gasteiger partial charge in [0, 0.05) is 23.0 Å². The van der Waals surface area contributed by atoms with Gasteiger partial charge in [0.05, 0.1) is 0 Å². The van der Waals surface area contributed by atoms with Gasteiger partial charge in [-0.25, -0.2) is 0 Å². The van der Waals surface area contributed by atoms with E-state index in [2.05, 4.69) is 21.2 Å². The van der Waals surface area contributed by atoms with Crippen molar-refractivity contribution in [3.8, 4) is 0 Å². The lowest BCUT2D eigenvalue weighted by Gasteiger charge is -2.10. The van der Waals surface area contributed by atoms with Crippen LogP contribution in [0.15, 0.2) is 22.7 Å². The van der Waals surface area contributed by atoms with E-state index in [-0.39, 0.29) is 12.3 Å². The van der Waals surface area contributed by atoms with E-state index >= 15 is 0 Å². The second-order valence-corrected chi connectivity index (χ2v) is 5.22. The summed E-state index contributed by atoms with van der Waals surface area (Å²) in [6, 6.07) is 5.75. The van der Waals surface area contributed by atoms with Crippen LogP contribution >= 0.6 is 15.9 Å². The van der Waals surface area contributed by atoms with E-state index in [1.807, 2.05) is 25.1 Å². The average molecular weight is 328 g/mol. The lowest BCUT2D eigenvalue weighted by atomic mass is 10.1. The molecule has 0 aliphatic rings. The largest absolute Gasteiger partial charge is 0.481 e. The number of aliphatic carboxylic acids is 1. The molecule has 0 aliphatic carbocycles. The molecule has 5 heteroatoms. The molecule has 0 heterocycles. The van der Waals surface area contributed by atoms with Crippen LogP contribution in [0.4, 0.5) is 5.69 Å². The monoisotopic (exact) mass is 327 g/mol. The van der Waals surface area contributed by atoms with E-state index in [0.717, 1.165) is 22.1 Å². The number of hydrogen-bond donors (Lipinski definition) is 2. The summed E-state index contributed by atoms with van der Waals surface area (Å²) in [7, 11) is 0. The summed E-state index contributed by atoms with van der Waals surface area (Å²) in [5.74, 6) is -0.885. The highest BCUT2D eigenvalue weighted by Gasteiger charge is 2.07. The second kappa shape index (κ2) is 7.94. The van der Waals surface area contributed by atoms with E-state index < -0.39 is 5.97 Å². The molecule has 0 spiro atoms. The predicted molar refractivity (Wildman–Crippen MR) is 78.3 cm³/mol. The average Bonchev–Trinajstić information content (AvgIpc) is 2.36. The number of amides is 1. The topological polar surface area (TPSA) is 66.4 Å². The van der Waals surface area contributed by atoms with Crippen LogP contribution in [0.2, 0.25) is 0 Å². The number of carboxylic acid groups (broad SMARTS) is 1. The molecular formula is C14H18BrNO3.